The van der Waals surface area contributed by atoms with Crippen molar-refractivity contribution in [1.29, 1.82) is 0 Å². The van der Waals surface area contributed by atoms with Crippen LogP contribution in [0, 0.1) is 0 Å². The fraction of sp³-hybridized carbons (Fsp3) is 0.333. The third kappa shape index (κ3) is 0.946. The fourth-order valence-electron chi connectivity index (χ4n) is 2.55. The van der Waals surface area contributed by atoms with Gasteiger partial charge in [0.25, 0.3) is 0 Å². The average Bonchev–Trinajstić information content (AvgIpc) is 2.66. The summed E-state index contributed by atoms with van der Waals surface area (Å²) in [5.41, 5.74) is 9.94. The quantitative estimate of drug-likeness (QED) is 0.704. The second kappa shape index (κ2) is 2.85. The molecular formula is C12H14N2. The van der Waals surface area contributed by atoms with E-state index in [4.69, 9.17) is 5.73 Å². The van der Waals surface area contributed by atoms with Crippen molar-refractivity contribution >= 4 is 10.9 Å². The summed E-state index contributed by atoms with van der Waals surface area (Å²) in [4.78, 5) is 3.33. The standard InChI is InChI=1S/C12H14N2/c13-6-9-5-4-8-2-1-3-11-12(8)10(9)7-14-11/h1-3,7,9,14H,4-6,13H2. The maximum atomic E-state index is 5.78. The Morgan fingerprint density at radius 1 is 1.43 bits per heavy atom. The van der Waals surface area contributed by atoms with Crippen LogP contribution in [0.3, 0.4) is 0 Å². The Balaban J connectivity index is 2.33. The predicted octanol–water partition coefficient (Wildman–Crippen LogP) is 2.16. The number of benzene rings is 1. The molecule has 14 heavy (non-hydrogen) atoms. The molecule has 72 valence electrons. The average molecular weight is 186 g/mol. The van der Waals surface area contributed by atoms with E-state index < -0.39 is 0 Å². The van der Waals surface area contributed by atoms with E-state index in [1.807, 2.05) is 0 Å². The minimum Gasteiger partial charge on any atom is -0.361 e. The lowest BCUT2D eigenvalue weighted by Crippen LogP contribution is -2.16. The highest BCUT2D eigenvalue weighted by Gasteiger charge is 2.21. The Labute approximate surface area is 83.1 Å². The molecule has 1 aromatic heterocycles. The molecule has 0 saturated heterocycles. The summed E-state index contributed by atoms with van der Waals surface area (Å²) in [6.45, 7) is 0.765. The van der Waals surface area contributed by atoms with Gasteiger partial charge in [-0.2, -0.15) is 0 Å². The van der Waals surface area contributed by atoms with E-state index in [1.54, 1.807) is 0 Å². The molecule has 1 atom stereocenters. The zero-order chi connectivity index (χ0) is 9.54. The Bertz CT molecular complexity index is 470. The zero-order valence-corrected chi connectivity index (χ0v) is 8.09. The van der Waals surface area contributed by atoms with E-state index in [1.165, 1.54) is 34.9 Å². The van der Waals surface area contributed by atoms with E-state index >= 15 is 0 Å². The van der Waals surface area contributed by atoms with E-state index in [9.17, 15) is 0 Å². The summed E-state index contributed by atoms with van der Waals surface area (Å²) in [7, 11) is 0. The lowest BCUT2D eigenvalue weighted by Gasteiger charge is -2.20. The van der Waals surface area contributed by atoms with Crippen molar-refractivity contribution in [3.05, 3.63) is 35.5 Å². The summed E-state index contributed by atoms with van der Waals surface area (Å²) in [5.74, 6) is 0.554. The maximum absolute atomic E-state index is 5.78. The highest BCUT2D eigenvalue weighted by Crippen LogP contribution is 2.35. The summed E-state index contributed by atoms with van der Waals surface area (Å²) in [5, 5.41) is 1.43. The van der Waals surface area contributed by atoms with Crippen LogP contribution in [0.5, 0.6) is 0 Å². The number of hydrogen-bond donors (Lipinski definition) is 2. The predicted molar refractivity (Wildman–Crippen MR) is 58.4 cm³/mol. The summed E-state index contributed by atoms with van der Waals surface area (Å²) >= 11 is 0. The van der Waals surface area contributed by atoms with Crippen LogP contribution in [-0.2, 0) is 6.42 Å². The molecule has 1 unspecified atom stereocenters. The van der Waals surface area contributed by atoms with Gasteiger partial charge >= 0.3 is 0 Å². The Hall–Kier alpha value is -1.28. The molecular weight excluding hydrogens is 172 g/mol. The van der Waals surface area contributed by atoms with Crippen LogP contribution in [0.15, 0.2) is 24.4 Å². The SMILES string of the molecule is NCC1CCc2cccc3[nH]cc1c23. The topological polar surface area (TPSA) is 41.8 Å². The molecule has 1 aromatic carbocycles. The van der Waals surface area contributed by atoms with Gasteiger partial charge in [-0.1, -0.05) is 12.1 Å². The second-order valence-electron chi connectivity index (χ2n) is 4.06. The minimum atomic E-state index is 0.554. The molecule has 1 aliphatic rings. The molecule has 2 heteroatoms. The van der Waals surface area contributed by atoms with Gasteiger partial charge in [-0.25, -0.2) is 0 Å². The van der Waals surface area contributed by atoms with Crippen molar-refractivity contribution in [2.75, 3.05) is 6.54 Å². The number of H-pyrrole nitrogens is 1. The first-order valence-electron chi connectivity index (χ1n) is 5.19. The van der Waals surface area contributed by atoms with Crippen LogP contribution in [0.25, 0.3) is 10.9 Å². The van der Waals surface area contributed by atoms with Crippen LogP contribution in [-0.4, -0.2) is 11.5 Å². The molecule has 0 bridgehead atoms. The van der Waals surface area contributed by atoms with Crippen LogP contribution < -0.4 is 5.73 Å². The Kier molecular flexibility index (Phi) is 1.64. The van der Waals surface area contributed by atoms with E-state index in [-0.39, 0.29) is 0 Å². The fourth-order valence-corrected chi connectivity index (χ4v) is 2.55. The molecule has 1 aliphatic carbocycles. The lowest BCUT2D eigenvalue weighted by atomic mass is 9.85. The van der Waals surface area contributed by atoms with Crippen molar-refractivity contribution in [1.82, 2.24) is 4.98 Å². The van der Waals surface area contributed by atoms with Crippen LogP contribution in [0.2, 0.25) is 0 Å². The van der Waals surface area contributed by atoms with E-state index in [0.29, 0.717) is 5.92 Å². The Morgan fingerprint density at radius 2 is 2.36 bits per heavy atom. The highest BCUT2D eigenvalue weighted by molar-refractivity contribution is 5.88. The van der Waals surface area contributed by atoms with Crippen molar-refractivity contribution < 1.29 is 0 Å². The first kappa shape index (κ1) is 8.06. The van der Waals surface area contributed by atoms with Crippen LogP contribution in [0.4, 0.5) is 0 Å². The third-order valence-corrected chi connectivity index (χ3v) is 3.31. The highest BCUT2D eigenvalue weighted by atomic mass is 14.7. The van der Waals surface area contributed by atoms with Crippen LogP contribution in [0.1, 0.15) is 23.5 Å². The van der Waals surface area contributed by atoms with Crippen molar-refractivity contribution in [2.24, 2.45) is 5.73 Å². The van der Waals surface area contributed by atoms with E-state index in [2.05, 4.69) is 29.4 Å². The summed E-state index contributed by atoms with van der Waals surface area (Å²) < 4.78 is 0. The molecule has 0 aliphatic heterocycles. The van der Waals surface area contributed by atoms with Crippen molar-refractivity contribution in [3.8, 4) is 0 Å². The zero-order valence-electron chi connectivity index (χ0n) is 8.09. The number of aromatic nitrogens is 1. The van der Waals surface area contributed by atoms with Gasteiger partial charge in [0.15, 0.2) is 0 Å². The number of hydrogen-bond acceptors (Lipinski definition) is 1. The largest absolute Gasteiger partial charge is 0.361 e. The number of rotatable bonds is 1. The van der Waals surface area contributed by atoms with Gasteiger partial charge < -0.3 is 10.7 Å². The first-order valence-corrected chi connectivity index (χ1v) is 5.19. The normalized spacial score (nSPS) is 20.2. The molecule has 3 rings (SSSR count). The Morgan fingerprint density at radius 3 is 3.21 bits per heavy atom. The summed E-state index contributed by atoms with van der Waals surface area (Å²) in [6.07, 6.45) is 4.50. The van der Waals surface area contributed by atoms with Gasteiger partial charge in [-0.05, 0) is 42.5 Å². The van der Waals surface area contributed by atoms with E-state index in [0.717, 1.165) is 6.54 Å². The number of nitrogens with one attached hydrogen (secondary N) is 1. The smallest absolute Gasteiger partial charge is 0.0459 e. The molecule has 2 aromatic rings. The third-order valence-electron chi connectivity index (χ3n) is 3.31. The number of aromatic amines is 1. The maximum Gasteiger partial charge on any atom is 0.0459 e. The van der Waals surface area contributed by atoms with Gasteiger partial charge in [0.2, 0.25) is 0 Å². The van der Waals surface area contributed by atoms with Gasteiger partial charge in [-0.15, -0.1) is 0 Å². The molecule has 1 heterocycles. The van der Waals surface area contributed by atoms with Gasteiger partial charge in [0.05, 0.1) is 0 Å². The first-order chi connectivity index (χ1) is 6.90. The molecule has 0 spiro atoms. The summed E-state index contributed by atoms with van der Waals surface area (Å²) in [6, 6.07) is 6.49. The molecule has 0 fully saturated rings. The van der Waals surface area contributed by atoms with Crippen molar-refractivity contribution in [2.45, 2.75) is 18.8 Å². The van der Waals surface area contributed by atoms with Crippen molar-refractivity contribution in [3.63, 3.8) is 0 Å². The monoisotopic (exact) mass is 186 g/mol. The molecule has 2 nitrogen and oxygen atoms in total. The molecule has 0 amide bonds. The molecule has 3 N–H and O–H groups in total. The minimum absolute atomic E-state index is 0.554. The second-order valence-corrected chi connectivity index (χ2v) is 4.06. The number of nitrogens with two attached hydrogens (primary N) is 1. The molecule has 0 saturated carbocycles. The van der Waals surface area contributed by atoms with Gasteiger partial charge in [-0.3, -0.25) is 0 Å². The van der Waals surface area contributed by atoms with Crippen LogP contribution >= 0.6 is 0 Å². The van der Waals surface area contributed by atoms with Gasteiger partial charge in [0.1, 0.15) is 0 Å². The van der Waals surface area contributed by atoms with Gasteiger partial charge in [0, 0.05) is 17.1 Å². The molecule has 0 radical (unpaired) electrons. The number of aryl methyl sites for hydroxylation is 1. The lowest BCUT2D eigenvalue weighted by molar-refractivity contribution is 0.627.